The minimum atomic E-state index is 0.840. The number of hydrogen-bond donors (Lipinski definition) is 0. The van der Waals surface area contributed by atoms with E-state index in [2.05, 4.69) is 205 Å². The Morgan fingerprint density at radius 2 is 0.815 bits per heavy atom. The van der Waals surface area contributed by atoms with E-state index in [-0.39, 0.29) is 0 Å². The first-order valence-corrected chi connectivity index (χ1v) is 18.4. The Hall–Kier alpha value is -7.16. The van der Waals surface area contributed by atoms with Crippen molar-refractivity contribution in [2.75, 3.05) is 4.90 Å². The molecular weight excluding hydrogens is 655 g/mol. The summed E-state index contributed by atoms with van der Waals surface area (Å²) in [4.78, 5) is 2.33. The van der Waals surface area contributed by atoms with Crippen molar-refractivity contribution in [2.24, 2.45) is 0 Å². The monoisotopic (exact) mass is 689 g/mol. The summed E-state index contributed by atoms with van der Waals surface area (Å²) in [6.07, 6.45) is 0. The third kappa shape index (κ3) is 5.81. The van der Waals surface area contributed by atoms with Gasteiger partial charge >= 0.3 is 0 Å². The van der Waals surface area contributed by atoms with Crippen LogP contribution < -0.4 is 4.90 Å². The van der Waals surface area contributed by atoms with Gasteiger partial charge in [0.1, 0.15) is 11.3 Å². The maximum atomic E-state index is 6.45. The van der Waals surface area contributed by atoms with Gasteiger partial charge in [-0.3, -0.25) is 0 Å². The first-order chi connectivity index (χ1) is 26.7. The Morgan fingerprint density at radius 1 is 0.315 bits per heavy atom. The summed E-state index contributed by atoms with van der Waals surface area (Å²) in [5.41, 5.74) is 12.2. The molecule has 10 rings (SSSR count). The van der Waals surface area contributed by atoms with Gasteiger partial charge in [0.25, 0.3) is 0 Å². The zero-order valence-electron chi connectivity index (χ0n) is 29.6. The van der Waals surface area contributed by atoms with Gasteiger partial charge in [0.05, 0.1) is 5.69 Å². The highest BCUT2D eigenvalue weighted by Gasteiger charge is 2.19. The predicted octanol–water partition coefficient (Wildman–Crippen LogP) is 14.9. The molecule has 0 spiro atoms. The maximum Gasteiger partial charge on any atom is 0.137 e. The number of rotatable bonds is 7. The molecule has 0 N–H and O–H groups in total. The smallest absolute Gasteiger partial charge is 0.137 e. The molecule has 0 unspecified atom stereocenters. The van der Waals surface area contributed by atoms with Crippen LogP contribution in [0.3, 0.4) is 0 Å². The Labute approximate surface area is 314 Å². The molecule has 1 aromatic heterocycles. The van der Waals surface area contributed by atoms with Gasteiger partial charge in [0, 0.05) is 22.3 Å². The lowest BCUT2D eigenvalue weighted by molar-refractivity contribution is 0.631. The van der Waals surface area contributed by atoms with Gasteiger partial charge in [-0.15, -0.1) is 0 Å². The molecule has 1 heterocycles. The molecule has 0 saturated heterocycles. The van der Waals surface area contributed by atoms with E-state index in [1.54, 1.807) is 0 Å². The lowest BCUT2D eigenvalue weighted by Crippen LogP contribution is -2.11. The first kappa shape index (κ1) is 31.6. The maximum absolute atomic E-state index is 6.45. The Morgan fingerprint density at radius 3 is 1.52 bits per heavy atom. The summed E-state index contributed by atoms with van der Waals surface area (Å²) in [6, 6.07) is 75.8. The van der Waals surface area contributed by atoms with E-state index < -0.39 is 0 Å². The summed E-state index contributed by atoms with van der Waals surface area (Å²) in [5.74, 6) is 0.840. The van der Waals surface area contributed by atoms with E-state index >= 15 is 0 Å². The number of fused-ring (bicyclic) bond motifs is 4. The second kappa shape index (κ2) is 13.4. The first-order valence-electron chi connectivity index (χ1n) is 18.4. The normalized spacial score (nSPS) is 11.3. The van der Waals surface area contributed by atoms with Crippen molar-refractivity contribution in [1.29, 1.82) is 0 Å². The van der Waals surface area contributed by atoms with Crippen molar-refractivity contribution in [2.45, 2.75) is 0 Å². The average Bonchev–Trinajstić information content (AvgIpc) is 3.69. The van der Waals surface area contributed by atoms with Gasteiger partial charge in [-0.05, 0) is 110 Å². The number of furan rings is 1. The number of anilines is 3. The lowest BCUT2D eigenvalue weighted by atomic mass is 9.97. The van der Waals surface area contributed by atoms with Gasteiger partial charge < -0.3 is 9.32 Å². The average molecular weight is 690 g/mol. The van der Waals surface area contributed by atoms with Crippen molar-refractivity contribution in [3.8, 4) is 44.7 Å². The molecule has 0 atom stereocenters. The van der Waals surface area contributed by atoms with Gasteiger partial charge in [-0.25, -0.2) is 0 Å². The number of para-hydroxylation sites is 2. The van der Waals surface area contributed by atoms with Gasteiger partial charge in [-0.1, -0.05) is 158 Å². The van der Waals surface area contributed by atoms with Crippen molar-refractivity contribution in [1.82, 2.24) is 0 Å². The Bertz CT molecular complexity index is 2870. The van der Waals surface area contributed by atoms with Crippen LogP contribution in [0.5, 0.6) is 0 Å². The summed E-state index contributed by atoms with van der Waals surface area (Å²) < 4.78 is 6.45. The van der Waals surface area contributed by atoms with E-state index in [0.717, 1.165) is 39.4 Å². The summed E-state index contributed by atoms with van der Waals surface area (Å²) >= 11 is 0. The topological polar surface area (TPSA) is 16.4 Å². The van der Waals surface area contributed by atoms with Crippen LogP contribution in [0.4, 0.5) is 17.1 Å². The highest BCUT2D eigenvalue weighted by atomic mass is 16.3. The molecule has 0 bridgehead atoms. The van der Waals surface area contributed by atoms with Crippen LogP contribution in [0.25, 0.3) is 77.2 Å². The SMILES string of the molecule is c1ccc(-c2ccc(-c3ccc(N(c4ccc(-c5ccc6c(ccc7ccccc76)c5)cc4)c4ccccc4-c4cc5ccccc5o4)cc3)cc2)cc1. The summed E-state index contributed by atoms with van der Waals surface area (Å²) in [7, 11) is 0. The number of nitrogens with zero attached hydrogens (tertiary/aromatic N) is 1. The van der Waals surface area contributed by atoms with Gasteiger partial charge in [0.15, 0.2) is 0 Å². The molecule has 0 aliphatic heterocycles. The molecule has 0 aliphatic carbocycles. The van der Waals surface area contributed by atoms with Crippen LogP contribution in [0.2, 0.25) is 0 Å². The third-order valence-corrected chi connectivity index (χ3v) is 10.5. The third-order valence-electron chi connectivity index (χ3n) is 10.5. The van der Waals surface area contributed by atoms with E-state index in [9.17, 15) is 0 Å². The summed E-state index contributed by atoms with van der Waals surface area (Å²) in [6.45, 7) is 0. The van der Waals surface area contributed by atoms with Crippen LogP contribution in [-0.2, 0) is 0 Å². The minimum absolute atomic E-state index is 0.840. The standard InChI is InChI=1S/C52H35NO/c1-2-10-36(11-3-1)37-18-20-38(21-19-37)39-24-29-45(30-25-39)53(50-16-8-7-15-49(50)52-35-44-13-5-9-17-51(44)54-52)46-31-26-40(27-32-46)42-28-33-48-43(34-42)23-22-41-12-4-6-14-47(41)48/h1-35H. The van der Waals surface area contributed by atoms with Crippen LogP contribution >= 0.6 is 0 Å². The predicted molar refractivity (Wildman–Crippen MR) is 228 cm³/mol. The van der Waals surface area contributed by atoms with Crippen LogP contribution in [0.1, 0.15) is 0 Å². The molecule has 9 aromatic carbocycles. The molecular formula is C52H35NO. The highest BCUT2D eigenvalue weighted by molar-refractivity contribution is 6.08. The Balaban J connectivity index is 1.04. The van der Waals surface area contributed by atoms with Crippen molar-refractivity contribution >= 4 is 49.6 Å². The molecule has 0 radical (unpaired) electrons. The fourth-order valence-corrected chi connectivity index (χ4v) is 7.70. The molecule has 0 saturated carbocycles. The molecule has 0 amide bonds. The molecule has 2 heteroatoms. The zero-order chi connectivity index (χ0) is 35.8. The molecule has 0 aliphatic rings. The molecule has 0 fully saturated rings. The second-order valence-corrected chi connectivity index (χ2v) is 13.8. The molecule has 254 valence electrons. The van der Waals surface area contributed by atoms with Gasteiger partial charge in [0.2, 0.25) is 0 Å². The fourth-order valence-electron chi connectivity index (χ4n) is 7.70. The quantitative estimate of drug-likeness (QED) is 0.155. The van der Waals surface area contributed by atoms with E-state index in [4.69, 9.17) is 4.42 Å². The largest absolute Gasteiger partial charge is 0.456 e. The summed E-state index contributed by atoms with van der Waals surface area (Å²) in [5, 5.41) is 6.15. The zero-order valence-corrected chi connectivity index (χ0v) is 29.6. The van der Waals surface area contributed by atoms with Crippen molar-refractivity contribution in [3.05, 3.63) is 212 Å². The van der Waals surface area contributed by atoms with Crippen LogP contribution in [0, 0.1) is 0 Å². The minimum Gasteiger partial charge on any atom is -0.456 e. The van der Waals surface area contributed by atoms with Crippen LogP contribution in [-0.4, -0.2) is 0 Å². The number of hydrogen-bond acceptors (Lipinski definition) is 2. The van der Waals surface area contributed by atoms with E-state index in [1.165, 1.54) is 54.9 Å². The lowest BCUT2D eigenvalue weighted by Gasteiger charge is -2.27. The Kier molecular flexibility index (Phi) is 7.85. The van der Waals surface area contributed by atoms with Gasteiger partial charge in [-0.2, -0.15) is 0 Å². The highest BCUT2D eigenvalue weighted by Crippen LogP contribution is 2.43. The van der Waals surface area contributed by atoms with E-state index in [1.807, 2.05) is 12.1 Å². The van der Waals surface area contributed by atoms with Crippen LogP contribution in [0.15, 0.2) is 217 Å². The molecule has 10 aromatic rings. The van der Waals surface area contributed by atoms with Crippen molar-refractivity contribution in [3.63, 3.8) is 0 Å². The molecule has 2 nitrogen and oxygen atoms in total. The fraction of sp³-hybridized carbons (Fsp3) is 0. The van der Waals surface area contributed by atoms with E-state index in [0.29, 0.717) is 0 Å². The van der Waals surface area contributed by atoms with Crippen molar-refractivity contribution < 1.29 is 4.42 Å². The molecule has 54 heavy (non-hydrogen) atoms. The number of benzene rings is 9. The second-order valence-electron chi connectivity index (χ2n) is 13.8.